The van der Waals surface area contributed by atoms with Crippen LogP contribution in [0.1, 0.15) is 53.9 Å². The maximum absolute atomic E-state index is 13.9. The lowest BCUT2D eigenvalue weighted by Gasteiger charge is -2.24. The predicted molar refractivity (Wildman–Crippen MR) is 228 cm³/mol. The van der Waals surface area contributed by atoms with Crippen LogP contribution in [0.15, 0.2) is 135 Å². The number of hydrogen-bond acceptors (Lipinski definition) is 7. The highest BCUT2D eigenvalue weighted by molar-refractivity contribution is 5.87. The third kappa shape index (κ3) is 11.1. The van der Waals surface area contributed by atoms with Gasteiger partial charge >= 0.3 is 12.1 Å². The summed E-state index contributed by atoms with van der Waals surface area (Å²) in [6.45, 7) is 7.18. The first-order valence-electron chi connectivity index (χ1n) is 20.1. The number of alkyl carbamates (subject to hydrolysis) is 1. The summed E-state index contributed by atoms with van der Waals surface area (Å²) in [5, 5.41) is 19.5. The van der Waals surface area contributed by atoms with Crippen molar-refractivity contribution in [1.82, 2.24) is 20.9 Å². The van der Waals surface area contributed by atoms with E-state index in [1.165, 1.54) is 0 Å². The molecule has 3 amide bonds. The lowest BCUT2D eigenvalue weighted by Crippen LogP contribution is -2.47. The molecule has 1 aromatic heterocycles. The largest absolute Gasteiger partial charge is 0.462 e. The minimum atomic E-state index is -1.04. The smallest absolute Gasteiger partial charge is 0.407 e. The summed E-state index contributed by atoms with van der Waals surface area (Å²) < 4.78 is 11.6. The van der Waals surface area contributed by atoms with Gasteiger partial charge in [0.05, 0.1) is 24.6 Å². The van der Waals surface area contributed by atoms with Gasteiger partial charge in [0.15, 0.2) is 0 Å². The van der Waals surface area contributed by atoms with Crippen LogP contribution in [-0.2, 0) is 36.7 Å². The number of nitrogens with one attached hydrogen (secondary N) is 4. The summed E-state index contributed by atoms with van der Waals surface area (Å²) in [5.41, 5.74) is 7.12. The zero-order valence-corrected chi connectivity index (χ0v) is 33.1. The van der Waals surface area contributed by atoms with E-state index in [2.05, 4.69) is 46.2 Å². The summed E-state index contributed by atoms with van der Waals surface area (Å²) in [5.74, 6) is -2.41. The van der Waals surface area contributed by atoms with E-state index in [-0.39, 0.29) is 50.9 Å². The van der Waals surface area contributed by atoms with E-state index in [0.717, 1.165) is 44.3 Å². The number of allylic oxidation sites excluding steroid dienone is 2. The van der Waals surface area contributed by atoms with Crippen LogP contribution in [0.4, 0.5) is 4.79 Å². The number of para-hydroxylation sites is 1. The summed E-state index contributed by atoms with van der Waals surface area (Å²) in [4.78, 5) is 57.3. The van der Waals surface area contributed by atoms with Crippen molar-refractivity contribution >= 4 is 34.8 Å². The number of hydrogen-bond donors (Lipinski definition) is 5. The zero-order valence-electron chi connectivity index (χ0n) is 33.1. The number of H-pyrrole nitrogens is 1. The Bertz CT molecular complexity index is 2190. The van der Waals surface area contributed by atoms with Crippen molar-refractivity contribution in [3.05, 3.63) is 157 Å². The number of benzene rings is 4. The van der Waals surface area contributed by atoms with Crippen LogP contribution in [0.3, 0.4) is 0 Å². The molecule has 11 heteroatoms. The summed E-state index contributed by atoms with van der Waals surface area (Å²) >= 11 is 0. The molecule has 11 nitrogen and oxygen atoms in total. The van der Waals surface area contributed by atoms with Gasteiger partial charge in [0.2, 0.25) is 11.8 Å². The van der Waals surface area contributed by atoms with Crippen molar-refractivity contribution in [1.29, 1.82) is 0 Å². The number of aliphatic hydroxyl groups is 1. The van der Waals surface area contributed by atoms with E-state index >= 15 is 0 Å². The molecule has 0 saturated heterocycles. The average Bonchev–Trinajstić information content (AvgIpc) is 3.81. The van der Waals surface area contributed by atoms with Gasteiger partial charge in [0.25, 0.3) is 0 Å². The highest BCUT2D eigenvalue weighted by Gasteiger charge is 2.31. The van der Waals surface area contributed by atoms with Crippen LogP contribution in [0.25, 0.3) is 22.0 Å². The van der Waals surface area contributed by atoms with Crippen LogP contribution >= 0.6 is 0 Å². The van der Waals surface area contributed by atoms with Gasteiger partial charge in [-0.2, -0.15) is 0 Å². The van der Waals surface area contributed by atoms with Crippen molar-refractivity contribution in [3.8, 4) is 11.1 Å². The number of ether oxygens (including phenoxy) is 2. The first-order chi connectivity index (χ1) is 28.8. The van der Waals surface area contributed by atoms with Crippen molar-refractivity contribution in [2.24, 2.45) is 5.92 Å². The monoisotopic (exact) mass is 796 g/mol. The van der Waals surface area contributed by atoms with Gasteiger partial charge < -0.3 is 35.5 Å². The maximum atomic E-state index is 13.9. The standard InChI is InChI=1S/C48H52N4O7/c1-3-5-23-44(52-48(57)59-31-42-40-21-11-9-19-38(40)39-20-10-12-22-41(39)42)47(56)58-30-36(26-34-28-49-43-24-14-13-18-37(34)43)51-46(55)33(15-4-2)27-45(54)50-35(29-53)25-32-16-7-6-8-17-32/h3-4,6-14,16-22,24,28,33,35-36,42,44,49,53H,1-2,5,15,23,25-27,29-31H2,(H,50,54)(H,51,55)(H,52,57). The lowest BCUT2D eigenvalue weighted by molar-refractivity contribution is -0.147. The van der Waals surface area contributed by atoms with E-state index in [0.29, 0.717) is 19.3 Å². The third-order valence-corrected chi connectivity index (χ3v) is 10.7. The molecular formula is C48H52N4O7. The van der Waals surface area contributed by atoms with E-state index in [4.69, 9.17) is 9.47 Å². The van der Waals surface area contributed by atoms with Gasteiger partial charge in [-0.05, 0) is 71.6 Å². The Morgan fingerprint density at radius 2 is 1.44 bits per heavy atom. The van der Waals surface area contributed by atoms with Crippen molar-refractivity contribution < 1.29 is 33.8 Å². The van der Waals surface area contributed by atoms with E-state index in [1.807, 2.05) is 97.2 Å². The van der Waals surface area contributed by atoms with Gasteiger partial charge in [0, 0.05) is 29.4 Å². The number of carbonyl (C=O) groups excluding carboxylic acids is 4. The molecule has 5 N–H and O–H groups in total. The molecule has 4 unspecified atom stereocenters. The van der Waals surface area contributed by atoms with E-state index < -0.39 is 42.0 Å². The number of aromatic nitrogens is 1. The number of aromatic amines is 1. The van der Waals surface area contributed by atoms with Gasteiger partial charge in [-0.3, -0.25) is 9.59 Å². The van der Waals surface area contributed by atoms with Gasteiger partial charge in [-0.15, -0.1) is 13.2 Å². The fourth-order valence-electron chi connectivity index (χ4n) is 7.69. The molecular weight excluding hydrogens is 745 g/mol. The molecule has 0 bridgehead atoms. The first-order valence-corrected chi connectivity index (χ1v) is 20.1. The number of amides is 3. The predicted octanol–water partition coefficient (Wildman–Crippen LogP) is 6.91. The third-order valence-electron chi connectivity index (χ3n) is 10.7. The molecule has 306 valence electrons. The van der Waals surface area contributed by atoms with Gasteiger partial charge in [0.1, 0.15) is 19.3 Å². The van der Waals surface area contributed by atoms with E-state index in [1.54, 1.807) is 12.2 Å². The molecule has 1 heterocycles. The molecule has 1 aliphatic rings. The fraction of sp³-hybridized carbons (Fsp3) is 0.292. The summed E-state index contributed by atoms with van der Waals surface area (Å²) in [6, 6.07) is 31.1. The number of carbonyl (C=O) groups is 4. The topological polar surface area (TPSA) is 159 Å². The number of esters is 1. The second kappa shape index (κ2) is 20.8. The normalized spacial score (nSPS) is 13.8. The Labute approximate surface area is 344 Å². The molecule has 0 spiro atoms. The Hall–Kier alpha value is -6.46. The van der Waals surface area contributed by atoms with E-state index in [9.17, 15) is 24.3 Å². The Kier molecular flexibility index (Phi) is 14.9. The molecule has 0 fully saturated rings. The SMILES string of the molecule is C=CCCC(NC(=O)OCC1c2ccccc2-c2ccccc21)C(=O)OCC(Cc1c[nH]c2ccccc12)NC(=O)C(CC=C)CC(=O)NC(CO)Cc1ccccc1. The summed E-state index contributed by atoms with van der Waals surface area (Å²) in [6.07, 6.45) is 5.80. The van der Waals surface area contributed by atoms with Crippen LogP contribution in [0, 0.1) is 5.92 Å². The molecule has 0 saturated carbocycles. The quantitative estimate of drug-likeness (QED) is 0.0399. The van der Waals surface area contributed by atoms with Gasteiger partial charge in [-0.1, -0.05) is 109 Å². The Morgan fingerprint density at radius 1 is 0.763 bits per heavy atom. The van der Waals surface area contributed by atoms with Crippen LogP contribution in [0.2, 0.25) is 0 Å². The number of rotatable bonds is 21. The summed E-state index contributed by atoms with van der Waals surface area (Å²) in [7, 11) is 0. The van der Waals surface area contributed by atoms with Crippen molar-refractivity contribution in [2.45, 2.75) is 62.6 Å². The zero-order chi connectivity index (χ0) is 41.6. The first kappa shape index (κ1) is 42.2. The molecule has 0 radical (unpaired) electrons. The lowest BCUT2D eigenvalue weighted by atomic mass is 9.97. The minimum absolute atomic E-state index is 0.0827. The van der Waals surface area contributed by atoms with Gasteiger partial charge in [-0.25, -0.2) is 9.59 Å². The molecule has 4 atom stereocenters. The number of fused-ring (bicyclic) bond motifs is 4. The number of aliphatic hydroxyl groups excluding tert-OH is 1. The Balaban J connectivity index is 1.11. The average molecular weight is 797 g/mol. The second-order valence-electron chi connectivity index (χ2n) is 14.8. The fourth-order valence-corrected chi connectivity index (χ4v) is 7.69. The molecule has 5 aromatic rings. The second-order valence-corrected chi connectivity index (χ2v) is 14.8. The van der Waals surface area contributed by atoms with Crippen LogP contribution in [0.5, 0.6) is 0 Å². The highest BCUT2D eigenvalue weighted by atomic mass is 16.6. The van der Waals surface area contributed by atoms with Crippen molar-refractivity contribution in [3.63, 3.8) is 0 Å². The maximum Gasteiger partial charge on any atom is 0.407 e. The van der Waals surface area contributed by atoms with Crippen molar-refractivity contribution in [2.75, 3.05) is 19.8 Å². The molecule has 6 rings (SSSR count). The molecule has 4 aromatic carbocycles. The minimum Gasteiger partial charge on any atom is -0.462 e. The molecule has 0 aliphatic heterocycles. The molecule has 59 heavy (non-hydrogen) atoms. The highest BCUT2D eigenvalue weighted by Crippen LogP contribution is 2.44. The molecule has 1 aliphatic carbocycles. The van der Waals surface area contributed by atoms with Crippen LogP contribution < -0.4 is 16.0 Å². The van der Waals surface area contributed by atoms with Crippen LogP contribution in [-0.4, -0.2) is 71.9 Å². The Morgan fingerprint density at radius 3 is 2.14 bits per heavy atom.